The number of benzene rings is 3. The Bertz CT molecular complexity index is 2140. The van der Waals surface area contributed by atoms with Gasteiger partial charge >= 0.3 is 0 Å². The van der Waals surface area contributed by atoms with E-state index in [0.29, 0.717) is 58.4 Å². The summed E-state index contributed by atoms with van der Waals surface area (Å²) >= 11 is 6.66. The predicted molar refractivity (Wildman–Crippen MR) is 167 cm³/mol. The van der Waals surface area contributed by atoms with Crippen LogP contribution in [0.1, 0.15) is 39.0 Å². The Morgan fingerprint density at radius 3 is 2.50 bits per heavy atom. The number of β-amino-alcohol motifs (C(OH)–C–C–N with tert-alkyl or cyclic N) is 1. The van der Waals surface area contributed by atoms with E-state index < -0.39 is 0 Å². The first kappa shape index (κ1) is 27.9. The molecule has 0 radical (unpaired) electrons. The van der Waals surface area contributed by atoms with Crippen molar-refractivity contribution < 1.29 is 14.3 Å². The van der Waals surface area contributed by atoms with Gasteiger partial charge in [-0.25, -0.2) is 14.5 Å². The summed E-state index contributed by atoms with van der Waals surface area (Å²) in [6, 6.07) is 19.1. The van der Waals surface area contributed by atoms with E-state index in [0.717, 1.165) is 51.9 Å². The molecule has 0 saturated carbocycles. The lowest BCUT2D eigenvalue weighted by Gasteiger charge is -2.15. The van der Waals surface area contributed by atoms with Crippen LogP contribution < -0.4 is 0 Å². The fraction of sp³-hybridized carbons (Fsp3) is 0.206. The topological polar surface area (TPSA) is 121 Å². The van der Waals surface area contributed by atoms with Crippen LogP contribution in [-0.2, 0) is 6.54 Å². The summed E-state index contributed by atoms with van der Waals surface area (Å²) < 4.78 is 7.80. The van der Waals surface area contributed by atoms with Crippen LogP contribution in [0.4, 0.5) is 0 Å². The number of carbonyl (C=O) groups excluding carboxylic acids is 1. The average molecular weight is 603 g/mol. The third-order valence-corrected chi connectivity index (χ3v) is 8.57. The van der Waals surface area contributed by atoms with Crippen LogP contribution in [-0.4, -0.2) is 55.1 Å². The van der Waals surface area contributed by atoms with E-state index in [2.05, 4.69) is 22.0 Å². The number of aromatic nitrogens is 4. The van der Waals surface area contributed by atoms with Gasteiger partial charge in [0.2, 0.25) is 5.89 Å². The van der Waals surface area contributed by atoms with E-state index in [1.54, 1.807) is 10.6 Å². The molecule has 4 heterocycles. The molecular weight excluding hydrogens is 576 g/mol. The minimum absolute atomic E-state index is 0.266. The van der Waals surface area contributed by atoms with Gasteiger partial charge in [0, 0.05) is 42.5 Å². The van der Waals surface area contributed by atoms with Gasteiger partial charge in [0.15, 0.2) is 17.1 Å². The number of aliphatic hydroxyl groups excluding tert-OH is 1. The Morgan fingerprint density at radius 1 is 1.07 bits per heavy atom. The van der Waals surface area contributed by atoms with Gasteiger partial charge in [-0.1, -0.05) is 41.9 Å². The SMILES string of the molecule is Cc1c(-c2nc3c(Cl)cc(CN4CCC(O)C4)cn3n2)cccc1-c1cccc(-c2nc3cc(C=O)cc(C#N)c3o2)c1C. The van der Waals surface area contributed by atoms with Crippen LogP contribution in [0.3, 0.4) is 0 Å². The lowest BCUT2D eigenvalue weighted by molar-refractivity contribution is 0.112. The smallest absolute Gasteiger partial charge is 0.227 e. The van der Waals surface area contributed by atoms with Crippen molar-refractivity contribution in [3.8, 4) is 40.0 Å². The first-order valence-corrected chi connectivity index (χ1v) is 14.7. The van der Waals surface area contributed by atoms with Gasteiger partial charge in [-0.15, -0.1) is 5.10 Å². The van der Waals surface area contributed by atoms with Crippen LogP contribution in [0.15, 0.2) is 65.2 Å². The normalized spacial score (nSPS) is 15.3. The van der Waals surface area contributed by atoms with Gasteiger partial charge in [-0.05, 0) is 72.4 Å². The number of hydrogen-bond acceptors (Lipinski definition) is 8. The van der Waals surface area contributed by atoms with Crippen molar-refractivity contribution in [1.82, 2.24) is 24.5 Å². The number of aldehydes is 1. The molecule has 3 aromatic carbocycles. The lowest BCUT2D eigenvalue weighted by atomic mass is 9.91. The van der Waals surface area contributed by atoms with Gasteiger partial charge in [-0.3, -0.25) is 9.69 Å². The zero-order valence-electron chi connectivity index (χ0n) is 24.1. The number of hydrogen-bond donors (Lipinski definition) is 1. The van der Waals surface area contributed by atoms with Crippen LogP contribution in [0.25, 0.3) is 50.7 Å². The molecule has 0 amide bonds. The van der Waals surface area contributed by atoms with Gasteiger partial charge < -0.3 is 9.52 Å². The highest BCUT2D eigenvalue weighted by atomic mass is 35.5. The second kappa shape index (κ2) is 11.0. The van der Waals surface area contributed by atoms with Crippen molar-refractivity contribution in [3.63, 3.8) is 0 Å². The van der Waals surface area contributed by atoms with Crippen LogP contribution >= 0.6 is 11.6 Å². The Hall–Kier alpha value is -4.88. The minimum Gasteiger partial charge on any atom is -0.435 e. The second-order valence-corrected chi connectivity index (χ2v) is 11.6. The highest BCUT2D eigenvalue weighted by Gasteiger charge is 2.22. The maximum Gasteiger partial charge on any atom is 0.227 e. The number of pyridine rings is 1. The van der Waals surface area contributed by atoms with Crippen LogP contribution in [0.2, 0.25) is 5.02 Å². The number of nitriles is 1. The molecule has 1 fully saturated rings. The van der Waals surface area contributed by atoms with Gasteiger partial charge in [0.05, 0.1) is 16.7 Å². The fourth-order valence-corrected chi connectivity index (χ4v) is 6.33. The molecule has 1 saturated heterocycles. The van der Waals surface area contributed by atoms with E-state index in [1.807, 2.05) is 56.4 Å². The summed E-state index contributed by atoms with van der Waals surface area (Å²) in [5.41, 5.74) is 8.69. The van der Waals surface area contributed by atoms with E-state index in [9.17, 15) is 15.2 Å². The van der Waals surface area contributed by atoms with Crippen LogP contribution in [0.5, 0.6) is 0 Å². The molecule has 1 atom stereocenters. The molecule has 1 unspecified atom stereocenters. The van der Waals surface area contributed by atoms with Gasteiger partial charge in [-0.2, -0.15) is 5.26 Å². The molecule has 0 aliphatic carbocycles. The number of oxazole rings is 1. The molecule has 3 aromatic heterocycles. The number of aliphatic hydroxyl groups is 1. The first-order valence-electron chi connectivity index (χ1n) is 14.3. The zero-order valence-corrected chi connectivity index (χ0v) is 24.8. The second-order valence-electron chi connectivity index (χ2n) is 11.2. The predicted octanol–water partition coefficient (Wildman–Crippen LogP) is 6.39. The summed E-state index contributed by atoms with van der Waals surface area (Å²) in [6.45, 7) is 6.24. The largest absolute Gasteiger partial charge is 0.435 e. The summed E-state index contributed by atoms with van der Waals surface area (Å²) in [7, 11) is 0. The number of rotatable bonds is 6. The van der Waals surface area contributed by atoms with Crippen molar-refractivity contribution >= 4 is 34.6 Å². The van der Waals surface area contributed by atoms with E-state index in [4.69, 9.17) is 26.1 Å². The first-order chi connectivity index (χ1) is 21.3. The number of nitrogens with zero attached hydrogens (tertiary/aromatic N) is 6. The van der Waals surface area contributed by atoms with Crippen molar-refractivity contribution in [3.05, 3.63) is 93.6 Å². The maximum absolute atomic E-state index is 11.4. The molecular formula is C34H27ClN6O3. The lowest BCUT2D eigenvalue weighted by Crippen LogP contribution is -2.21. The van der Waals surface area contributed by atoms with Crippen molar-refractivity contribution in [2.75, 3.05) is 13.1 Å². The Labute approximate surface area is 258 Å². The van der Waals surface area contributed by atoms with Crippen molar-refractivity contribution in [1.29, 1.82) is 5.26 Å². The van der Waals surface area contributed by atoms with Gasteiger partial charge in [0.25, 0.3) is 0 Å². The monoisotopic (exact) mass is 602 g/mol. The molecule has 0 bridgehead atoms. The van der Waals surface area contributed by atoms with Crippen LogP contribution in [0, 0.1) is 25.2 Å². The summed E-state index contributed by atoms with van der Waals surface area (Å²) in [4.78, 5) is 23.0. The molecule has 0 spiro atoms. The zero-order chi connectivity index (χ0) is 30.5. The van der Waals surface area contributed by atoms with E-state index in [-0.39, 0.29) is 11.7 Å². The molecule has 10 heteroatoms. The highest BCUT2D eigenvalue weighted by molar-refractivity contribution is 6.33. The quantitative estimate of drug-likeness (QED) is 0.218. The van der Waals surface area contributed by atoms with Crippen molar-refractivity contribution in [2.45, 2.75) is 32.9 Å². The van der Waals surface area contributed by atoms with Crippen molar-refractivity contribution in [2.24, 2.45) is 0 Å². The summed E-state index contributed by atoms with van der Waals surface area (Å²) in [5, 5.41) is 24.8. The summed E-state index contributed by atoms with van der Waals surface area (Å²) in [5.74, 6) is 0.950. The number of halogens is 1. The standard InChI is InChI=1S/C34H27ClN6O3/c1-19-25(26-6-4-8-28(20(26)2)34-37-30-13-21(18-42)11-23(14-36)31(30)44-34)5-3-7-27(19)32-38-33-29(35)12-22(16-41(33)39-32)15-40-10-9-24(43)17-40/h3-8,11-13,16,18,24,43H,9-10,15,17H2,1-2H3. The average Bonchev–Trinajstić information content (AvgIpc) is 3.75. The van der Waals surface area contributed by atoms with E-state index in [1.165, 1.54) is 6.07 Å². The molecule has 6 aromatic rings. The molecule has 7 rings (SSSR count). The Balaban J connectivity index is 1.26. The number of likely N-dealkylation sites (tertiary alicyclic amines) is 1. The minimum atomic E-state index is -0.283. The van der Waals surface area contributed by atoms with Gasteiger partial charge in [0.1, 0.15) is 17.9 Å². The maximum atomic E-state index is 11.4. The number of carbonyl (C=O) groups is 1. The molecule has 1 N–H and O–H groups in total. The fourth-order valence-electron chi connectivity index (χ4n) is 6.06. The third-order valence-electron chi connectivity index (χ3n) is 8.30. The molecule has 1 aliphatic rings. The number of fused-ring (bicyclic) bond motifs is 2. The third kappa shape index (κ3) is 4.83. The molecule has 218 valence electrons. The molecule has 9 nitrogen and oxygen atoms in total. The highest BCUT2D eigenvalue weighted by Crippen LogP contribution is 2.37. The summed E-state index contributed by atoms with van der Waals surface area (Å²) in [6.07, 6.45) is 3.14. The van der Waals surface area contributed by atoms with E-state index >= 15 is 0 Å². The Kier molecular flexibility index (Phi) is 6.98. The Morgan fingerprint density at radius 2 is 1.80 bits per heavy atom. The molecule has 1 aliphatic heterocycles. The molecule has 44 heavy (non-hydrogen) atoms.